The van der Waals surface area contributed by atoms with Gasteiger partial charge in [0, 0.05) is 5.39 Å². The molecule has 0 aliphatic carbocycles. The van der Waals surface area contributed by atoms with Crippen molar-refractivity contribution in [3.05, 3.63) is 30.1 Å². The molecule has 1 heterocycles. The van der Waals surface area contributed by atoms with Crippen molar-refractivity contribution in [1.82, 2.24) is 9.97 Å². The number of carboxylic acids is 1. The summed E-state index contributed by atoms with van der Waals surface area (Å²) in [4.78, 5) is 21.9. The summed E-state index contributed by atoms with van der Waals surface area (Å²) in [5, 5.41) is 15.3. The van der Waals surface area contributed by atoms with Crippen molar-refractivity contribution in [3.8, 4) is 0 Å². The molecule has 6 nitrogen and oxygen atoms in total. The van der Waals surface area contributed by atoms with E-state index in [2.05, 4.69) is 29.4 Å². The number of benzene rings is 1. The van der Waals surface area contributed by atoms with Crippen molar-refractivity contribution < 1.29 is 14.8 Å². The summed E-state index contributed by atoms with van der Waals surface area (Å²) in [5.74, 6) is 0.425. The monoisotopic (exact) mass is 330 g/mol. The van der Waals surface area contributed by atoms with Crippen LogP contribution in [0.2, 0.25) is 0 Å². The zero-order valence-electron chi connectivity index (χ0n) is 14.8. The van der Waals surface area contributed by atoms with Crippen molar-refractivity contribution in [1.29, 1.82) is 0 Å². The zero-order chi connectivity index (χ0) is 17.7. The van der Waals surface area contributed by atoms with Crippen LogP contribution in [0, 0.1) is 5.92 Å². The lowest BCUT2D eigenvalue weighted by atomic mass is 10.0. The molecule has 0 bridgehead atoms. The Morgan fingerprint density at radius 3 is 2.58 bits per heavy atom. The maximum atomic E-state index is 11.5. The maximum Gasteiger partial charge on any atom is 0.138 e. The summed E-state index contributed by atoms with van der Waals surface area (Å²) in [6.07, 6.45) is 1.22. The number of hydrogen-bond acceptors (Lipinski definition) is 5. The summed E-state index contributed by atoms with van der Waals surface area (Å²) in [7, 11) is 4.16. The molecule has 0 unspecified atom stereocenters. The van der Waals surface area contributed by atoms with Crippen LogP contribution in [0.25, 0.3) is 10.9 Å². The third-order valence-corrected chi connectivity index (χ3v) is 3.80. The van der Waals surface area contributed by atoms with Crippen molar-refractivity contribution in [2.75, 3.05) is 26.0 Å². The normalized spacial score (nSPS) is 12.8. The largest absolute Gasteiger partial charge is 0.548 e. The molecule has 0 radical (unpaired) electrons. The van der Waals surface area contributed by atoms with Gasteiger partial charge in [0.2, 0.25) is 0 Å². The van der Waals surface area contributed by atoms with Gasteiger partial charge in [-0.25, -0.2) is 9.97 Å². The SMILES string of the molecule is CC(C)C[C@@H](Nc1nc(CC[NH+](C)C)nc2ccccc12)C(=O)[O-]. The number of nitrogens with one attached hydrogen (secondary N) is 2. The first-order valence-corrected chi connectivity index (χ1v) is 8.39. The summed E-state index contributed by atoms with van der Waals surface area (Å²) in [5.41, 5.74) is 0.820. The number of carbonyl (C=O) groups is 1. The predicted octanol–water partition coefficient (Wildman–Crippen LogP) is -0.107. The third-order valence-electron chi connectivity index (χ3n) is 3.80. The standard InChI is InChI=1S/C18H26N4O2/c1-12(2)11-15(18(23)24)20-17-13-7-5-6-8-14(13)19-16(21-17)9-10-22(3)4/h5-8,12,15H,9-11H2,1-4H3,(H,23,24)(H,19,20,21)/t15-/m1/s1. The summed E-state index contributed by atoms with van der Waals surface area (Å²) in [6.45, 7) is 4.88. The minimum atomic E-state index is -1.11. The molecule has 1 aromatic heterocycles. The minimum absolute atomic E-state index is 0.241. The second-order valence-electron chi connectivity index (χ2n) is 6.86. The van der Waals surface area contributed by atoms with Gasteiger partial charge in [-0.05, 0) is 24.5 Å². The van der Waals surface area contributed by atoms with E-state index in [-0.39, 0.29) is 5.92 Å². The molecule has 0 amide bonds. The Balaban J connectivity index is 2.36. The van der Waals surface area contributed by atoms with E-state index in [1.54, 1.807) is 0 Å². The fourth-order valence-electron chi connectivity index (χ4n) is 2.56. The van der Waals surface area contributed by atoms with E-state index in [0.29, 0.717) is 12.2 Å². The van der Waals surface area contributed by atoms with E-state index in [4.69, 9.17) is 0 Å². The number of aromatic nitrogens is 2. The lowest BCUT2D eigenvalue weighted by Gasteiger charge is -2.23. The van der Waals surface area contributed by atoms with Crippen LogP contribution in [0.15, 0.2) is 24.3 Å². The van der Waals surface area contributed by atoms with E-state index >= 15 is 0 Å². The van der Waals surface area contributed by atoms with E-state index < -0.39 is 12.0 Å². The molecule has 2 rings (SSSR count). The molecule has 24 heavy (non-hydrogen) atoms. The smallest absolute Gasteiger partial charge is 0.138 e. The van der Waals surface area contributed by atoms with E-state index in [0.717, 1.165) is 29.7 Å². The minimum Gasteiger partial charge on any atom is -0.548 e. The van der Waals surface area contributed by atoms with Gasteiger partial charge in [0.05, 0.1) is 44.6 Å². The van der Waals surface area contributed by atoms with Crippen LogP contribution in [-0.4, -0.2) is 42.6 Å². The summed E-state index contributed by atoms with van der Waals surface area (Å²) in [6, 6.07) is 6.88. The number of nitrogens with zero attached hydrogens (tertiary/aromatic N) is 2. The van der Waals surface area contributed by atoms with Crippen molar-refractivity contribution >= 4 is 22.7 Å². The Morgan fingerprint density at radius 1 is 1.25 bits per heavy atom. The predicted molar refractivity (Wildman–Crippen MR) is 92.8 cm³/mol. The molecule has 2 N–H and O–H groups in total. The van der Waals surface area contributed by atoms with Crippen LogP contribution in [0.1, 0.15) is 26.1 Å². The van der Waals surface area contributed by atoms with Crippen LogP contribution < -0.4 is 15.3 Å². The molecule has 0 spiro atoms. The van der Waals surface area contributed by atoms with Gasteiger partial charge >= 0.3 is 0 Å². The number of carboxylic acid groups (broad SMARTS) is 1. The van der Waals surface area contributed by atoms with Crippen LogP contribution in [0.5, 0.6) is 0 Å². The Bertz CT molecular complexity index is 700. The van der Waals surface area contributed by atoms with Gasteiger partial charge in [-0.3, -0.25) is 0 Å². The molecular weight excluding hydrogens is 304 g/mol. The lowest BCUT2D eigenvalue weighted by Crippen LogP contribution is -3.06. The van der Waals surface area contributed by atoms with E-state index in [1.165, 1.54) is 4.90 Å². The van der Waals surface area contributed by atoms with Gasteiger partial charge in [-0.1, -0.05) is 26.0 Å². The molecule has 1 aromatic carbocycles. The first-order chi connectivity index (χ1) is 11.4. The Morgan fingerprint density at radius 2 is 1.96 bits per heavy atom. The van der Waals surface area contributed by atoms with Gasteiger partial charge in [-0.2, -0.15) is 0 Å². The number of fused-ring (bicyclic) bond motifs is 1. The molecule has 2 aromatic rings. The van der Waals surface area contributed by atoms with Gasteiger partial charge < -0.3 is 20.1 Å². The molecule has 0 saturated heterocycles. The molecule has 0 fully saturated rings. The average Bonchev–Trinajstić information content (AvgIpc) is 2.51. The van der Waals surface area contributed by atoms with Crippen LogP contribution >= 0.6 is 0 Å². The van der Waals surface area contributed by atoms with Gasteiger partial charge in [0.1, 0.15) is 11.6 Å². The number of aliphatic carboxylic acids is 1. The molecule has 1 atom stereocenters. The second kappa shape index (κ2) is 8.06. The van der Waals surface area contributed by atoms with Crippen molar-refractivity contribution in [3.63, 3.8) is 0 Å². The number of likely N-dealkylation sites (N-methyl/N-ethyl adjacent to an activating group) is 1. The van der Waals surface area contributed by atoms with Crippen LogP contribution in [0.3, 0.4) is 0 Å². The Labute approximate surface area is 142 Å². The Hall–Kier alpha value is -2.21. The fraction of sp³-hybridized carbons (Fsp3) is 0.500. The van der Waals surface area contributed by atoms with Crippen molar-refractivity contribution in [2.24, 2.45) is 5.92 Å². The van der Waals surface area contributed by atoms with Crippen LogP contribution in [0.4, 0.5) is 5.82 Å². The Kier molecular flexibility index (Phi) is 6.09. The second-order valence-corrected chi connectivity index (χ2v) is 6.86. The first kappa shape index (κ1) is 18.1. The van der Waals surface area contributed by atoms with Gasteiger partial charge in [0.25, 0.3) is 0 Å². The highest BCUT2D eigenvalue weighted by Gasteiger charge is 2.16. The topological polar surface area (TPSA) is 82.4 Å². The number of carbonyl (C=O) groups excluding carboxylic acids is 1. The number of rotatable bonds is 8. The fourth-order valence-corrected chi connectivity index (χ4v) is 2.56. The lowest BCUT2D eigenvalue weighted by molar-refractivity contribution is -0.858. The number of para-hydroxylation sites is 1. The van der Waals surface area contributed by atoms with Crippen LogP contribution in [-0.2, 0) is 11.2 Å². The van der Waals surface area contributed by atoms with E-state index in [9.17, 15) is 9.90 Å². The molecular formula is C18H26N4O2. The van der Waals surface area contributed by atoms with Gasteiger partial charge in [0.15, 0.2) is 0 Å². The zero-order valence-corrected chi connectivity index (χ0v) is 14.8. The molecule has 0 aliphatic heterocycles. The summed E-state index contributed by atoms with van der Waals surface area (Å²) < 4.78 is 0. The maximum absolute atomic E-state index is 11.5. The average molecular weight is 330 g/mol. The van der Waals surface area contributed by atoms with Gasteiger partial charge in [-0.15, -0.1) is 0 Å². The number of hydrogen-bond donors (Lipinski definition) is 2. The molecule has 0 aliphatic rings. The first-order valence-electron chi connectivity index (χ1n) is 8.39. The highest BCUT2D eigenvalue weighted by atomic mass is 16.4. The third kappa shape index (κ3) is 4.89. The number of quaternary nitrogens is 1. The highest BCUT2D eigenvalue weighted by Crippen LogP contribution is 2.22. The highest BCUT2D eigenvalue weighted by molar-refractivity contribution is 5.90. The van der Waals surface area contributed by atoms with E-state index in [1.807, 2.05) is 38.1 Å². The molecule has 130 valence electrons. The van der Waals surface area contributed by atoms with Crippen molar-refractivity contribution in [2.45, 2.75) is 32.7 Å². The molecule has 6 heteroatoms. The molecule has 0 saturated carbocycles. The number of anilines is 1. The summed E-state index contributed by atoms with van der Waals surface area (Å²) >= 11 is 0. The quantitative estimate of drug-likeness (QED) is 0.706.